The molecule has 0 bridgehead atoms. The normalized spacial score (nSPS) is 16.9. The Morgan fingerprint density at radius 2 is 1.86 bits per heavy atom. The summed E-state index contributed by atoms with van der Waals surface area (Å²) in [5, 5.41) is 24.2. The van der Waals surface area contributed by atoms with Gasteiger partial charge in [0, 0.05) is 13.1 Å². The summed E-state index contributed by atoms with van der Waals surface area (Å²) in [4.78, 5) is 22.4. The maximum absolute atomic E-state index is 11.7. The van der Waals surface area contributed by atoms with Crippen LogP contribution >= 0.6 is 0 Å². The van der Waals surface area contributed by atoms with Crippen molar-refractivity contribution in [3.8, 4) is 0 Å². The van der Waals surface area contributed by atoms with Gasteiger partial charge in [0.1, 0.15) is 0 Å². The molecule has 1 aromatic rings. The molecule has 2 amide bonds. The first kappa shape index (κ1) is 15.3. The van der Waals surface area contributed by atoms with E-state index in [9.17, 15) is 14.7 Å². The summed E-state index contributed by atoms with van der Waals surface area (Å²) in [5.74, 6) is -0.698. The van der Waals surface area contributed by atoms with Crippen molar-refractivity contribution in [3.05, 3.63) is 35.4 Å². The Balaban J connectivity index is 1.74. The van der Waals surface area contributed by atoms with Gasteiger partial charge in [-0.05, 0) is 43.4 Å². The Labute approximate surface area is 123 Å². The van der Waals surface area contributed by atoms with Crippen LogP contribution in [0.4, 0.5) is 4.79 Å². The smallest absolute Gasteiger partial charge is 0.335 e. The van der Waals surface area contributed by atoms with Crippen molar-refractivity contribution in [1.82, 2.24) is 10.6 Å². The van der Waals surface area contributed by atoms with Gasteiger partial charge >= 0.3 is 12.0 Å². The summed E-state index contributed by atoms with van der Waals surface area (Å²) >= 11 is 0. The highest BCUT2D eigenvalue weighted by Gasteiger charge is 2.39. The van der Waals surface area contributed by atoms with Crippen molar-refractivity contribution < 1.29 is 19.8 Å². The molecule has 1 aliphatic carbocycles. The van der Waals surface area contributed by atoms with E-state index in [-0.39, 0.29) is 24.1 Å². The molecule has 1 aliphatic rings. The van der Waals surface area contributed by atoms with Crippen LogP contribution in [-0.4, -0.2) is 34.4 Å². The number of carbonyl (C=O) groups excluding carboxylic acids is 1. The van der Waals surface area contributed by atoms with Gasteiger partial charge in [-0.15, -0.1) is 0 Å². The Morgan fingerprint density at radius 3 is 2.38 bits per heavy atom. The topological polar surface area (TPSA) is 98.7 Å². The van der Waals surface area contributed by atoms with Crippen molar-refractivity contribution in [2.45, 2.75) is 31.9 Å². The minimum absolute atomic E-state index is 0.212. The summed E-state index contributed by atoms with van der Waals surface area (Å²) in [6.07, 6.45) is 2.01. The monoisotopic (exact) mass is 292 g/mol. The molecule has 0 aliphatic heterocycles. The van der Waals surface area contributed by atoms with Gasteiger partial charge in [0.2, 0.25) is 0 Å². The number of aromatic carboxylic acids is 1. The van der Waals surface area contributed by atoms with Crippen LogP contribution in [0.5, 0.6) is 0 Å². The zero-order chi connectivity index (χ0) is 15.5. The molecule has 1 unspecified atom stereocenters. The van der Waals surface area contributed by atoms with Gasteiger partial charge in [-0.25, -0.2) is 9.59 Å². The molecule has 6 heteroatoms. The molecule has 0 aromatic heterocycles. The molecule has 0 saturated heterocycles. The highest BCUT2D eigenvalue weighted by Crippen LogP contribution is 2.38. The summed E-state index contributed by atoms with van der Waals surface area (Å²) in [6, 6.07) is 5.96. The van der Waals surface area contributed by atoms with E-state index in [1.165, 1.54) is 12.1 Å². The average molecular weight is 292 g/mol. The largest absolute Gasteiger partial charge is 0.478 e. The molecular weight excluding hydrogens is 272 g/mol. The van der Waals surface area contributed by atoms with Gasteiger partial charge in [0.25, 0.3) is 0 Å². The molecule has 1 atom stereocenters. The highest BCUT2D eigenvalue weighted by molar-refractivity contribution is 5.87. The third-order valence-electron chi connectivity index (χ3n) is 3.72. The number of rotatable bonds is 6. The number of amides is 2. The van der Waals surface area contributed by atoms with E-state index in [1.54, 1.807) is 19.1 Å². The molecule has 0 heterocycles. The SMILES string of the molecule is CC(O)(CNC(=O)NCc1ccc(C(=O)O)cc1)C1CC1. The summed E-state index contributed by atoms with van der Waals surface area (Å²) < 4.78 is 0. The Hall–Kier alpha value is -2.08. The minimum Gasteiger partial charge on any atom is -0.478 e. The lowest BCUT2D eigenvalue weighted by molar-refractivity contribution is 0.0394. The molecule has 21 heavy (non-hydrogen) atoms. The van der Waals surface area contributed by atoms with Gasteiger partial charge in [0.05, 0.1) is 11.2 Å². The molecule has 2 rings (SSSR count). The van der Waals surface area contributed by atoms with Crippen molar-refractivity contribution >= 4 is 12.0 Å². The van der Waals surface area contributed by atoms with E-state index in [1.807, 2.05) is 0 Å². The van der Waals surface area contributed by atoms with Crippen LogP contribution in [0.1, 0.15) is 35.7 Å². The number of aliphatic hydroxyl groups is 1. The Bertz CT molecular complexity index is 521. The number of carboxylic acids is 1. The van der Waals surface area contributed by atoms with E-state index in [4.69, 9.17) is 5.11 Å². The summed E-state index contributed by atoms with van der Waals surface area (Å²) in [6.45, 7) is 2.26. The molecule has 1 fully saturated rings. The third kappa shape index (κ3) is 4.46. The molecule has 6 nitrogen and oxygen atoms in total. The molecular formula is C15H20N2O4. The maximum Gasteiger partial charge on any atom is 0.335 e. The number of carbonyl (C=O) groups is 2. The van der Waals surface area contributed by atoms with E-state index >= 15 is 0 Å². The summed E-state index contributed by atoms with van der Waals surface area (Å²) in [5.41, 5.74) is 0.174. The highest BCUT2D eigenvalue weighted by atomic mass is 16.4. The number of hydrogen-bond donors (Lipinski definition) is 4. The Kier molecular flexibility index (Phi) is 4.47. The lowest BCUT2D eigenvalue weighted by atomic mass is 10.0. The van der Waals surface area contributed by atoms with Crippen LogP contribution in [0.3, 0.4) is 0 Å². The maximum atomic E-state index is 11.7. The summed E-state index contributed by atoms with van der Waals surface area (Å²) in [7, 11) is 0. The minimum atomic E-state index is -0.977. The predicted octanol–water partition coefficient (Wildman–Crippen LogP) is 1.34. The first-order chi connectivity index (χ1) is 9.88. The lowest BCUT2D eigenvalue weighted by Crippen LogP contribution is -2.45. The van der Waals surface area contributed by atoms with Crippen molar-refractivity contribution in [3.63, 3.8) is 0 Å². The van der Waals surface area contributed by atoms with E-state index < -0.39 is 11.6 Å². The number of benzene rings is 1. The fourth-order valence-corrected chi connectivity index (χ4v) is 2.12. The fourth-order valence-electron chi connectivity index (χ4n) is 2.12. The second-order valence-electron chi connectivity index (χ2n) is 5.67. The van der Waals surface area contributed by atoms with Crippen LogP contribution in [-0.2, 0) is 6.54 Å². The lowest BCUT2D eigenvalue weighted by Gasteiger charge is -2.23. The number of carboxylic acid groups (broad SMARTS) is 1. The zero-order valence-corrected chi connectivity index (χ0v) is 11.9. The standard InChI is InChI=1S/C15H20N2O4/c1-15(21,12-6-7-12)9-17-14(20)16-8-10-2-4-11(5-3-10)13(18)19/h2-5,12,21H,6-9H2,1H3,(H,18,19)(H2,16,17,20). The van der Waals surface area contributed by atoms with Crippen LogP contribution in [0.2, 0.25) is 0 Å². The average Bonchev–Trinajstić information content (AvgIpc) is 3.28. The number of urea groups is 1. The molecule has 1 aromatic carbocycles. The van der Waals surface area contributed by atoms with Crippen LogP contribution < -0.4 is 10.6 Å². The molecule has 1 saturated carbocycles. The second kappa shape index (κ2) is 6.13. The number of nitrogens with one attached hydrogen (secondary N) is 2. The van der Waals surface area contributed by atoms with Crippen molar-refractivity contribution in [1.29, 1.82) is 0 Å². The number of hydrogen-bond acceptors (Lipinski definition) is 3. The van der Waals surface area contributed by atoms with E-state index in [0.717, 1.165) is 18.4 Å². The molecule has 114 valence electrons. The molecule has 0 radical (unpaired) electrons. The zero-order valence-electron chi connectivity index (χ0n) is 11.9. The van der Waals surface area contributed by atoms with Gasteiger partial charge in [-0.1, -0.05) is 12.1 Å². The van der Waals surface area contributed by atoms with E-state index in [0.29, 0.717) is 6.54 Å². The van der Waals surface area contributed by atoms with Crippen LogP contribution in [0.15, 0.2) is 24.3 Å². The second-order valence-corrected chi connectivity index (χ2v) is 5.67. The quantitative estimate of drug-likeness (QED) is 0.636. The van der Waals surface area contributed by atoms with Gasteiger partial charge < -0.3 is 20.8 Å². The first-order valence-electron chi connectivity index (χ1n) is 6.95. The fraction of sp³-hybridized carbons (Fsp3) is 0.467. The Morgan fingerprint density at radius 1 is 1.24 bits per heavy atom. The van der Waals surface area contributed by atoms with Gasteiger partial charge in [-0.2, -0.15) is 0 Å². The molecule has 0 spiro atoms. The first-order valence-corrected chi connectivity index (χ1v) is 6.95. The van der Waals surface area contributed by atoms with Crippen molar-refractivity contribution in [2.75, 3.05) is 6.54 Å². The van der Waals surface area contributed by atoms with Gasteiger partial charge in [0.15, 0.2) is 0 Å². The molecule has 4 N–H and O–H groups in total. The van der Waals surface area contributed by atoms with Crippen LogP contribution in [0, 0.1) is 5.92 Å². The third-order valence-corrected chi connectivity index (χ3v) is 3.72. The predicted molar refractivity (Wildman–Crippen MR) is 77.0 cm³/mol. The van der Waals surface area contributed by atoms with Crippen LogP contribution in [0.25, 0.3) is 0 Å². The van der Waals surface area contributed by atoms with Gasteiger partial charge in [-0.3, -0.25) is 0 Å². The van der Waals surface area contributed by atoms with E-state index in [2.05, 4.69) is 10.6 Å². The van der Waals surface area contributed by atoms with Crippen molar-refractivity contribution in [2.24, 2.45) is 5.92 Å².